The van der Waals surface area contributed by atoms with Gasteiger partial charge in [0.15, 0.2) is 0 Å². The van der Waals surface area contributed by atoms with Crippen LogP contribution in [0.2, 0.25) is 0 Å². The maximum Gasteiger partial charge on any atom is 0.123 e. The summed E-state index contributed by atoms with van der Waals surface area (Å²) < 4.78 is 0. The Morgan fingerprint density at radius 3 is 2.48 bits per heavy atom. The molecule has 21 heavy (non-hydrogen) atoms. The SMILES string of the molecule is Cc1ccc2c3c(cc(O)c2c1)CCc1cc(O)ccc1-3. The zero-order valence-electron chi connectivity index (χ0n) is 11.9. The van der Waals surface area contributed by atoms with Crippen molar-refractivity contribution in [3.05, 3.63) is 59.2 Å². The van der Waals surface area contributed by atoms with E-state index in [0.29, 0.717) is 11.5 Å². The Morgan fingerprint density at radius 1 is 0.810 bits per heavy atom. The first kappa shape index (κ1) is 12.3. The van der Waals surface area contributed by atoms with Gasteiger partial charge in [0.2, 0.25) is 0 Å². The lowest BCUT2D eigenvalue weighted by Gasteiger charge is -2.22. The van der Waals surface area contributed by atoms with Crippen LogP contribution in [0.4, 0.5) is 0 Å². The van der Waals surface area contributed by atoms with E-state index < -0.39 is 0 Å². The number of hydrogen-bond donors (Lipinski definition) is 2. The van der Waals surface area contributed by atoms with Crippen LogP contribution < -0.4 is 0 Å². The largest absolute Gasteiger partial charge is 0.508 e. The fraction of sp³-hybridized carbons (Fsp3) is 0.158. The molecule has 0 saturated carbocycles. The Bertz CT molecular complexity index is 878. The van der Waals surface area contributed by atoms with Crippen LogP contribution in [-0.2, 0) is 12.8 Å². The molecule has 0 aromatic heterocycles. The van der Waals surface area contributed by atoms with Gasteiger partial charge in [-0.05, 0) is 71.7 Å². The molecule has 3 aromatic carbocycles. The number of hydrogen-bond acceptors (Lipinski definition) is 2. The Hall–Kier alpha value is -2.48. The predicted octanol–water partition coefficient (Wildman–Crippen LogP) is 4.33. The third-order valence-corrected chi connectivity index (χ3v) is 4.37. The fourth-order valence-electron chi connectivity index (χ4n) is 3.39. The van der Waals surface area contributed by atoms with Crippen LogP contribution in [0, 0.1) is 6.92 Å². The van der Waals surface area contributed by atoms with E-state index in [4.69, 9.17) is 0 Å². The summed E-state index contributed by atoms with van der Waals surface area (Å²) in [5.74, 6) is 0.672. The minimum Gasteiger partial charge on any atom is -0.508 e. The molecule has 0 radical (unpaired) electrons. The Kier molecular flexibility index (Phi) is 2.49. The van der Waals surface area contributed by atoms with E-state index in [1.807, 2.05) is 31.2 Å². The van der Waals surface area contributed by atoms with Crippen molar-refractivity contribution >= 4 is 10.8 Å². The first-order chi connectivity index (χ1) is 10.1. The molecule has 3 aromatic rings. The van der Waals surface area contributed by atoms with E-state index in [0.717, 1.165) is 29.2 Å². The number of benzene rings is 3. The lowest BCUT2D eigenvalue weighted by atomic mass is 9.82. The van der Waals surface area contributed by atoms with Crippen LogP contribution in [0.25, 0.3) is 21.9 Å². The van der Waals surface area contributed by atoms with Gasteiger partial charge in [0.25, 0.3) is 0 Å². The van der Waals surface area contributed by atoms with Crippen molar-refractivity contribution in [2.45, 2.75) is 19.8 Å². The van der Waals surface area contributed by atoms with Crippen LogP contribution in [0.3, 0.4) is 0 Å². The number of rotatable bonds is 0. The lowest BCUT2D eigenvalue weighted by molar-refractivity contribution is 0.474. The molecule has 0 unspecified atom stereocenters. The Labute approximate surface area is 123 Å². The summed E-state index contributed by atoms with van der Waals surface area (Å²) in [6, 6.07) is 13.7. The van der Waals surface area contributed by atoms with E-state index in [-0.39, 0.29) is 0 Å². The van der Waals surface area contributed by atoms with Gasteiger partial charge in [-0.1, -0.05) is 23.8 Å². The van der Waals surface area contributed by atoms with Crippen molar-refractivity contribution in [2.75, 3.05) is 0 Å². The second-order valence-corrected chi connectivity index (χ2v) is 5.82. The zero-order chi connectivity index (χ0) is 14.6. The molecule has 2 N–H and O–H groups in total. The predicted molar refractivity (Wildman–Crippen MR) is 84.9 cm³/mol. The molecular weight excluding hydrogens is 260 g/mol. The number of aryl methyl sites for hydroxylation is 3. The molecule has 2 nitrogen and oxygen atoms in total. The van der Waals surface area contributed by atoms with Crippen LogP contribution >= 0.6 is 0 Å². The van der Waals surface area contributed by atoms with E-state index in [1.165, 1.54) is 22.3 Å². The molecule has 0 fully saturated rings. The fourth-order valence-corrected chi connectivity index (χ4v) is 3.39. The van der Waals surface area contributed by atoms with Gasteiger partial charge in [-0.2, -0.15) is 0 Å². The maximum absolute atomic E-state index is 10.3. The van der Waals surface area contributed by atoms with Crippen molar-refractivity contribution < 1.29 is 10.2 Å². The molecule has 4 rings (SSSR count). The summed E-state index contributed by atoms with van der Waals surface area (Å²) in [5, 5.41) is 22.0. The standard InChI is InChI=1S/C19H16O2/c1-11-2-6-16-17(8-11)18(21)10-13-4-3-12-9-14(20)5-7-15(12)19(13)16/h2,5-10,20-21H,3-4H2,1H3. The molecule has 1 aliphatic rings. The monoisotopic (exact) mass is 276 g/mol. The average molecular weight is 276 g/mol. The van der Waals surface area contributed by atoms with Gasteiger partial charge in [-0.25, -0.2) is 0 Å². The molecule has 0 aliphatic heterocycles. The Morgan fingerprint density at radius 2 is 1.62 bits per heavy atom. The normalized spacial score (nSPS) is 13.0. The number of fused-ring (bicyclic) bond motifs is 5. The molecule has 2 heteroatoms. The molecule has 0 heterocycles. The number of aromatic hydroxyl groups is 2. The lowest BCUT2D eigenvalue weighted by Crippen LogP contribution is -2.04. The van der Waals surface area contributed by atoms with Gasteiger partial charge in [0.1, 0.15) is 11.5 Å². The molecule has 0 atom stereocenters. The Balaban J connectivity index is 2.12. The van der Waals surface area contributed by atoms with Crippen LogP contribution in [0.1, 0.15) is 16.7 Å². The topological polar surface area (TPSA) is 40.5 Å². The van der Waals surface area contributed by atoms with Crippen molar-refractivity contribution in [1.82, 2.24) is 0 Å². The summed E-state index contributed by atoms with van der Waals surface area (Å²) in [4.78, 5) is 0. The number of phenolic OH excluding ortho intramolecular Hbond substituents is 2. The smallest absolute Gasteiger partial charge is 0.123 e. The van der Waals surface area contributed by atoms with Crippen molar-refractivity contribution in [1.29, 1.82) is 0 Å². The quantitative estimate of drug-likeness (QED) is 0.641. The second-order valence-electron chi connectivity index (χ2n) is 5.82. The van der Waals surface area contributed by atoms with Crippen molar-refractivity contribution in [2.24, 2.45) is 0 Å². The van der Waals surface area contributed by atoms with Gasteiger partial charge in [-0.3, -0.25) is 0 Å². The summed E-state index contributed by atoms with van der Waals surface area (Å²) in [6.45, 7) is 2.03. The highest BCUT2D eigenvalue weighted by Gasteiger charge is 2.20. The molecule has 0 bridgehead atoms. The summed E-state index contributed by atoms with van der Waals surface area (Å²) >= 11 is 0. The summed E-state index contributed by atoms with van der Waals surface area (Å²) in [6.07, 6.45) is 1.79. The molecular formula is C19H16O2. The number of phenols is 2. The summed E-state index contributed by atoms with van der Waals surface area (Å²) in [7, 11) is 0. The maximum atomic E-state index is 10.3. The van der Waals surface area contributed by atoms with E-state index in [1.54, 1.807) is 6.07 Å². The molecule has 0 saturated heterocycles. The molecule has 0 amide bonds. The first-order valence-electron chi connectivity index (χ1n) is 7.21. The highest BCUT2D eigenvalue weighted by molar-refractivity contribution is 6.03. The van der Waals surface area contributed by atoms with E-state index in [9.17, 15) is 10.2 Å². The van der Waals surface area contributed by atoms with Gasteiger partial charge >= 0.3 is 0 Å². The second kappa shape index (κ2) is 4.26. The zero-order valence-corrected chi connectivity index (χ0v) is 11.9. The van der Waals surface area contributed by atoms with E-state index >= 15 is 0 Å². The third-order valence-electron chi connectivity index (χ3n) is 4.37. The minimum atomic E-state index is 0.316. The molecule has 0 spiro atoms. The molecule has 104 valence electrons. The van der Waals surface area contributed by atoms with E-state index in [2.05, 4.69) is 12.1 Å². The van der Waals surface area contributed by atoms with Gasteiger partial charge < -0.3 is 10.2 Å². The highest BCUT2D eigenvalue weighted by atomic mass is 16.3. The summed E-state index contributed by atoms with van der Waals surface area (Å²) in [5.41, 5.74) is 5.86. The van der Waals surface area contributed by atoms with Gasteiger partial charge in [0, 0.05) is 5.39 Å². The average Bonchev–Trinajstić information content (AvgIpc) is 2.47. The molecule has 1 aliphatic carbocycles. The van der Waals surface area contributed by atoms with Crippen LogP contribution in [0.5, 0.6) is 11.5 Å². The van der Waals surface area contributed by atoms with Gasteiger partial charge in [0.05, 0.1) is 0 Å². The van der Waals surface area contributed by atoms with Crippen LogP contribution in [0.15, 0.2) is 42.5 Å². The van der Waals surface area contributed by atoms with Crippen LogP contribution in [-0.4, -0.2) is 10.2 Å². The van der Waals surface area contributed by atoms with Gasteiger partial charge in [-0.15, -0.1) is 0 Å². The third kappa shape index (κ3) is 1.79. The highest BCUT2D eigenvalue weighted by Crippen LogP contribution is 2.43. The van der Waals surface area contributed by atoms with Crippen molar-refractivity contribution in [3.8, 4) is 22.6 Å². The van der Waals surface area contributed by atoms with Crippen molar-refractivity contribution in [3.63, 3.8) is 0 Å². The minimum absolute atomic E-state index is 0.316. The first-order valence-corrected chi connectivity index (χ1v) is 7.21.